The highest BCUT2D eigenvalue weighted by Gasteiger charge is 2.48. The third-order valence-electron chi connectivity index (χ3n) is 4.84. The lowest BCUT2D eigenvalue weighted by Gasteiger charge is -2.43. The number of hydrogen-bond donors (Lipinski definition) is 0. The zero-order chi connectivity index (χ0) is 19.0. The van der Waals surface area contributed by atoms with Crippen LogP contribution in [0.15, 0.2) is 71.9 Å². The van der Waals surface area contributed by atoms with Crippen LogP contribution in [0.5, 0.6) is 0 Å². The zero-order valence-corrected chi connectivity index (χ0v) is 15.6. The van der Waals surface area contributed by atoms with Crippen molar-refractivity contribution < 1.29 is 18.5 Å². The Labute approximate surface area is 160 Å². The monoisotopic (exact) mass is 381 g/mol. The van der Waals surface area contributed by atoms with Crippen LogP contribution >= 0.6 is 0 Å². The summed E-state index contributed by atoms with van der Waals surface area (Å²) in [5.74, 6) is -0.449. The van der Waals surface area contributed by atoms with E-state index in [0.717, 1.165) is 11.1 Å². The number of carbonyl (C=O) groups is 2. The molecule has 0 aromatic heterocycles. The van der Waals surface area contributed by atoms with E-state index in [-0.39, 0.29) is 18.0 Å². The maximum Gasteiger partial charge on any atom is 0.356 e. The van der Waals surface area contributed by atoms with Gasteiger partial charge in [-0.3, -0.25) is 13.9 Å². The van der Waals surface area contributed by atoms with Crippen molar-refractivity contribution in [2.45, 2.75) is 24.8 Å². The maximum absolute atomic E-state index is 13.0. The minimum Gasteiger partial charge on any atom is -0.448 e. The Balaban J connectivity index is 1.67. The second-order valence-electron chi connectivity index (χ2n) is 6.68. The van der Waals surface area contributed by atoms with Crippen LogP contribution < -0.4 is 0 Å². The van der Waals surface area contributed by atoms with Crippen molar-refractivity contribution in [3.05, 3.63) is 83.1 Å². The predicted octanol–water partition coefficient (Wildman–Crippen LogP) is 2.91. The van der Waals surface area contributed by atoms with Crippen molar-refractivity contribution in [1.82, 2.24) is 4.90 Å². The molecule has 0 aliphatic carbocycles. The molecule has 6 heteroatoms. The number of β-lactam (4-membered cyclic amide) rings is 1. The SMILES string of the molecule is CC1=C(C(=O)OC(c2ccccc2)c2ccccc2)N2C(=O)CC2S(=O)C1. The van der Waals surface area contributed by atoms with Gasteiger partial charge in [-0.05, 0) is 23.6 Å². The van der Waals surface area contributed by atoms with E-state index in [1.165, 1.54) is 4.90 Å². The van der Waals surface area contributed by atoms with Crippen molar-refractivity contribution in [2.24, 2.45) is 0 Å². The summed E-state index contributed by atoms with van der Waals surface area (Å²) in [5.41, 5.74) is 2.57. The van der Waals surface area contributed by atoms with Gasteiger partial charge in [-0.25, -0.2) is 4.79 Å². The van der Waals surface area contributed by atoms with Crippen LogP contribution in [0.2, 0.25) is 0 Å². The Hall–Kier alpha value is -2.73. The highest BCUT2D eigenvalue weighted by molar-refractivity contribution is 7.86. The number of carbonyl (C=O) groups excluding carboxylic acids is 2. The van der Waals surface area contributed by atoms with Crippen molar-refractivity contribution in [2.75, 3.05) is 5.75 Å². The van der Waals surface area contributed by atoms with Crippen LogP contribution in [0.4, 0.5) is 0 Å². The number of fused-ring (bicyclic) bond motifs is 1. The molecule has 2 aliphatic rings. The molecule has 1 fully saturated rings. The standard InChI is InChI=1S/C21H19NO4S/c1-14-13-27(25)18-12-17(23)22(18)19(14)21(24)26-20(15-8-4-2-5-9-15)16-10-6-3-7-11-16/h2-11,18,20H,12-13H2,1H3. The van der Waals surface area contributed by atoms with Gasteiger partial charge < -0.3 is 4.74 Å². The zero-order valence-electron chi connectivity index (χ0n) is 14.8. The molecule has 5 nitrogen and oxygen atoms in total. The second-order valence-corrected chi connectivity index (χ2v) is 8.28. The lowest BCUT2D eigenvalue weighted by molar-refractivity contribution is -0.152. The highest BCUT2D eigenvalue weighted by atomic mass is 32.2. The molecule has 0 N–H and O–H groups in total. The highest BCUT2D eigenvalue weighted by Crippen LogP contribution is 2.36. The van der Waals surface area contributed by atoms with Gasteiger partial charge >= 0.3 is 5.97 Å². The minimum atomic E-state index is -1.16. The summed E-state index contributed by atoms with van der Waals surface area (Å²) in [6.45, 7) is 1.73. The summed E-state index contributed by atoms with van der Waals surface area (Å²) in [5, 5.41) is -0.407. The molecule has 2 aromatic carbocycles. The van der Waals surface area contributed by atoms with E-state index in [0.29, 0.717) is 11.3 Å². The van der Waals surface area contributed by atoms with Gasteiger partial charge in [0.15, 0.2) is 6.10 Å². The third-order valence-corrected chi connectivity index (χ3v) is 6.54. The molecule has 0 spiro atoms. The summed E-state index contributed by atoms with van der Waals surface area (Å²) in [6, 6.07) is 19.0. The van der Waals surface area contributed by atoms with Gasteiger partial charge in [0.1, 0.15) is 11.1 Å². The second kappa shape index (κ2) is 7.12. The van der Waals surface area contributed by atoms with Crippen molar-refractivity contribution >= 4 is 22.7 Å². The number of rotatable bonds is 4. The molecule has 2 atom stereocenters. The summed E-state index contributed by atoms with van der Waals surface area (Å²) >= 11 is 0. The topological polar surface area (TPSA) is 63.7 Å². The van der Waals surface area contributed by atoms with Crippen molar-refractivity contribution in [1.29, 1.82) is 0 Å². The number of ether oxygens (including phenoxy) is 1. The molecule has 2 unspecified atom stereocenters. The predicted molar refractivity (Wildman–Crippen MR) is 102 cm³/mol. The molecule has 0 bridgehead atoms. The van der Waals surface area contributed by atoms with Crippen LogP contribution in [0.25, 0.3) is 0 Å². The number of esters is 1. The number of nitrogens with zero attached hydrogens (tertiary/aromatic N) is 1. The molecule has 0 radical (unpaired) electrons. The van der Waals surface area contributed by atoms with Crippen LogP contribution in [0.3, 0.4) is 0 Å². The first kappa shape index (κ1) is 17.7. The summed E-state index contributed by atoms with van der Waals surface area (Å²) in [6.07, 6.45) is -0.361. The molecular formula is C21H19NO4S. The summed E-state index contributed by atoms with van der Waals surface area (Å²) in [4.78, 5) is 26.4. The molecule has 2 aliphatic heterocycles. The third kappa shape index (κ3) is 3.21. The lowest BCUT2D eigenvalue weighted by Crippen LogP contribution is -2.58. The quantitative estimate of drug-likeness (QED) is 0.603. The normalized spacial score (nSPS) is 21.7. The van der Waals surface area contributed by atoms with Gasteiger partial charge in [0.2, 0.25) is 5.91 Å². The Bertz CT molecular complexity index is 900. The average molecular weight is 381 g/mol. The largest absolute Gasteiger partial charge is 0.448 e. The van der Waals surface area contributed by atoms with E-state index >= 15 is 0 Å². The van der Waals surface area contributed by atoms with Crippen molar-refractivity contribution in [3.8, 4) is 0 Å². The first-order valence-corrected chi connectivity index (χ1v) is 10.1. The van der Waals surface area contributed by atoms with Gasteiger partial charge in [0, 0.05) is 16.6 Å². The molecule has 138 valence electrons. The fraction of sp³-hybridized carbons (Fsp3) is 0.238. The van der Waals surface area contributed by atoms with Gasteiger partial charge in [-0.15, -0.1) is 0 Å². The molecule has 4 rings (SSSR count). The van der Waals surface area contributed by atoms with Gasteiger partial charge in [-0.2, -0.15) is 0 Å². The lowest BCUT2D eigenvalue weighted by atomic mass is 10.0. The number of benzene rings is 2. The maximum atomic E-state index is 13.0. The van der Waals surface area contributed by atoms with Crippen LogP contribution in [0.1, 0.15) is 30.6 Å². The van der Waals surface area contributed by atoms with Crippen LogP contribution in [-0.4, -0.2) is 32.1 Å². The molecule has 2 heterocycles. The molecule has 2 aromatic rings. The van der Waals surface area contributed by atoms with Gasteiger partial charge in [-0.1, -0.05) is 60.7 Å². The minimum absolute atomic E-state index is 0.185. The van der Waals surface area contributed by atoms with Gasteiger partial charge in [0.25, 0.3) is 0 Å². The average Bonchev–Trinajstić information content (AvgIpc) is 2.68. The van der Waals surface area contributed by atoms with E-state index in [2.05, 4.69) is 0 Å². The smallest absolute Gasteiger partial charge is 0.356 e. The van der Waals surface area contributed by atoms with E-state index in [9.17, 15) is 13.8 Å². The molecule has 0 saturated carbocycles. The van der Waals surface area contributed by atoms with Crippen LogP contribution in [0, 0.1) is 0 Å². The molecular weight excluding hydrogens is 362 g/mol. The molecule has 27 heavy (non-hydrogen) atoms. The van der Waals surface area contributed by atoms with Crippen molar-refractivity contribution in [3.63, 3.8) is 0 Å². The Morgan fingerprint density at radius 1 is 1.07 bits per heavy atom. The van der Waals surface area contributed by atoms with Crippen LogP contribution in [-0.2, 0) is 25.1 Å². The van der Waals surface area contributed by atoms with E-state index < -0.39 is 28.2 Å². The summed E-state index contributed by atoms with van der Waals surface area (Å²) in [7, 11) is -1.16. The fourth-order valence-electron chi connectivity index (χ4n) is 3.47. The van der Waals surface area contributed by atoms with Gasteiger partial charge in [0.05, 0.1) is 6.42 Å². The number of hydrogen-bond acceptors (Lipinski definition) is 4. The Morgan fingerprint density at radius 2 is 1.63 bits per heavy atom. The van der Waals surface area contributed by atoms with E-state index in [1.54, 1.807) is 6.92 Å². The molecule has 1 saturated heterocycles. The van der Waals surface area contributed by atoms with E-state index in [1.807, 2.05) is 60.7 Å². The Morgan fingerprint density at radius 3 is 2.15 bits per heavy atom. The first-order valence-electron chi connectivity index (χ1n) is 8.76. The van der Waals surface area contributed by atoms with E-state index in [4.69, 9.17) is 4.74 Å². The Kier molecular flexibility index (Phi) is 4.66. The molecule has 1 amide bonds. The first-order chi connectivity index (χ1) is 13.1. The number of amides is 1. The summed E-state index contributed by atoms with van der Waals surface area (Å²) < 4.78 is 18.1. The fourth-order valence-corrected chi connectivity index (χ4v) is 5.01.